The summed E-state index contributed by atoms with van der Waals surface area (Å²) in [5.41, 5.74) is 9.11. The Labute approximate surface area is 294 Å². The van der Waals surface area contributed by atoms with Crippen LogP contribution in [0.15, 0.2) is 140 Å². The van der Waals surface area contributed by atoms with Gasteiger partial charge in [0.05, 0.1) is 33.9 Å². The van der Waals surface area contributed by atoms with Gasteiger partial charge < -0.3 is 4.57 Å². The maximum atomic E-state index is 15.5. The van der Waals surface area contributed by atoms with Gasteiger partial charge >= 0.3 is 0 Å². The first-order valence-electron chi connectivity index (χ1n) is 16.6. The fraction of sp³-hybridized carbons (Fsp3) is 0.0435. The first kappa shape index (κ1) is 31.4. The van der Waals surface area contributed by atoms with Crippen molar-refractivity contribution in [3.05, 3.63) is 173 Å². The van der Waals surface area contributed by atoms with E-state index in [4.69, 9.17) is 0 Å². The van der Waals surface area contributed by atoms with Crippen LogP contribution in [0, 0.1) is 48.1 Å². The molecule has 0 fully saturated rings. The van der Waals surface area contributed by atoms with Crippen molar-refractivity contribution in [2.24, 2.45) is 0 Å². The standard InChI is InChI=1S/C46H29F2N3/c1-28-19-21-43-37(23-28)38-24-29(2)20-22-44(38)51(43)46-39(32-12-4-3-11-31(32)34-14-7-9-17-41(34)47)25-30(26-49)45(40(46)27-50)36-16-6-5-13-33(36)35-15-8-10-18-42(35)48/h3-25H,1-2H3. The number of aromatic nitrogens is 1. The Morgan fingerprint density at radius 2 is 0.902 bits per heavy atom. The zero-order valence-electron chi connectivity index (χ0n) is 27.9. The molecule has 0 amide bonds. The van der Waals surface area contributed by atoms with E-state index in [1.54, 1.807) is 42.5 Å². The number of benzene rings is 7. The van der Waals surface area contributed by atoms with Crippen molar-refractivity contribution in [2.75, 3.05) is 0 Å². The number of rotatable bonds is 5. The number of fused-ring (bicyclic) bond motifs is 3. The van der Waals surface area contributed by atoms with E-state index in [2.05, 4.69) is 54.8 Å². The molecule has 0 bridgehead atoms. The van der Waals surface area contributed by atoms with Crippen LogP contribution in [0.3, 0.4) is 0 Å². The molecule has 0 aliphatic carbocycles. The number of halogens is 2. The monoisotopic (exact) mass is 661 g/mol. The first-order chi connectivity index (χ1) is 24.9. The van der Waals surface area contributed by atoms with Gasteiger partial charge in [0.25, 0.3) is 0 Å². The van der Waals surface area contributed by atoms with E-state index in [9.17, 15) is 10.5 Å². The summed E-state index contributed by atoms with van der Waals surface area (Å²) in [7, 11) is 0. The van der Waals surface area contributed by atoms with Crippen LogP contribution in [0.1, 0.15) is 22.3 Å². The molecule has 8 rings (SSSR count). The molecule has 7 aromatic carbocycles. The fourth-order valence-electron chi connectivity index (χ4n) is 7.33. The molecule has 242 valence electrons. The van der Waals surface area contributed by atoms with E-state index in [0.717, 1.165) is 32.9 Å². The van der Waals surface area contributed by atoms with Crippen molar-refractivity contribution in [2.45, 2.75) is 13.8 Å². The van der Waals surface area contributed by atoms with Crippen LogP contribution in [0.2, 0.25) is 0 Å². The van der Waals surface area contributed by atoms with E-state index >= 15 is 8.78 Å². The summed E-state index contributed by atoms with van der Waals surface area (Å²) in [4.78, 5) is 0. The van der Waals surface area contributed by atoms with Gasteiger partial charge in [-0.1, -0.05) is 108 Å². The molecule has 1 heterocycles. The minimum Gasteiger partial charge on any atom is -0.307 e. The van der Waals surface area contributed by atoms with Crippen molar-refractivity contribution in [1.82, 2.24) is 4.57 Å². The Balaban J connectivity index is 1.59. The summed E-state index contributed by atoms with van der Waals surface area (Å²) in [6.07, 6.45) is 0. The molecule has 5 heteroatoms. The molecule has 0 saturated heterocycles. The minimum absolute atomic E-state index is 0.241. The number of hydrogen-bond donors (Lipinski definition) is 0. The third-order valence-electron chi connectivity index (χ3n) is 9.57. The van der Waals surface area contributed by atoms with Crippen LogP contribution < -0.4 is 0 Å². The Morgan fingerprint density at radius 3 is 1.37 bits per heavy atom. The minimum atomic E-state index is -0.411. The topological polar surface area (TPSA) is 52.5 Å². The van der Waals surface area contributed by atoms with Crippen LogP contribution in [0.25, 0.3) is 72.0 Å². The van der Waals surface area contributed by atoms with E-state index in [-0.39, 0.29) is 16.9 Å². The molecular formula is C46H29F2N3. The number of hydrogen-bond acceptors (Lipinski definition) is 2. The summed E-state index contributed by atoms with van der Waals surface area (Å²) < 4.78 is 33.0. The third-order valence-corrected chi connectivity index (χ3v) is 9.57. The lowest BCUT2D eigenvalue weighted by Gasteiger charge is -2.22. The first-order valence-corrected chi connectivity index (χ1v) is 16.6. The molecule has 8 aromatic rings. The summed E-state index contributed by atoms with van der Waals surface area (Å²) in [6, 6.07) is 47.0. The smallest absolute Gasteiger partial charge is 0.131 e. The average Bonchev–Trinajstić information content (AvgIpc) is 3.46. The molecule has 51 heavy (non-hydrogen) atoms. The predicted molar refractivity (Wildman–Crippen MR) is 201 cm³/mol. The summed E-state index contributed by atoms with van der Waals surface area (Å²) in [5, 5.41) is 24.2. The lowest BCUT2D eigenvalue weighted by molar-refractivity contribution is 0.631. The van der Waals surface area contributed by atoms with Crippen molar-refractivity contribution in [3.8, 4) is 62.3 Å². The maximum Gasteiger partial charge on any atom is 0.131 e. The molecule has 0 aliphatic heterocycles. The molecule has 0 atom stereocenters. The average molecular weight is 662 g/mol. The lowest BCUT2D eigenvalue weighted by atomic mass is 9.84. The Bertz CT molecular complexity index is 2720. The summed E-state index contributed by atoms with van der Waals surface area (Å²) in [5.74, 6) is -0.795. The Hall–Kier alpha value is -6.82. The highest BCUT2D eigenvalue weighted by Crippen LogP contribution is 2.47. The SMILES string of the molecule is Cc1ccc2c(c1)c1cc(C)ccc1n2-c1c(-c2ccccc2-c2ccccc2F)cc(C#N)c(-c2ccccc2-c2ccccc2F)c1C#N. The third kappa shape index (κ3) is 5.16. The van der Waals surface area contributed by atoms with Gasteiger partial charge in [-0.3, -0.25) is 0 Å². The zero-order chi connectivity index (χ0) is 35.2. The molecule has 0 radical (unpaired) electrons. The highest BCUT2D eigenvalue weighted by Gasteiger charge is 2.28. The van der Waals surface area contributed by atoms with Gasteiger partial charge in [0.2, 0.25) is 0 Å². The summed E-state index contributed by atoms with van der Waals surface area (Å²) in [6.45, 7) is 4.10. The lowest BCUT2D eigenvalue weighted by Crippen LogP contribution is -2.06. The Kier molecular flexibility index (Phi) is 7.75. The summed E-state index contributed by atoms with van der Waals surface area (Å²) >= 11 is 0. The second kappa shape index (κ2) is 12.6. The molecule has 0 N–H and O–H groups in total. The van der Waals surface area contributed by atoms with Crippen LogP contribution in [0.4, 0.5) is 8.78 Å². The van der Waals surface area contributed by atoms with Crippen molar-refractivity contribution in [3.63, 3.8) is 0 Å². The highest BCUT2D eigenvalue weighted by atomic mass is 19.1. The van der Waals surface area contributed by atoms with E-state index in [1.807, 2.05) is 60.7 Å². The van der Waals surface area contributed by atoms with Gasteiger partial charge in [0.15, 0.2) is 0 Å². The van der Waals surface area contributed by atoms with Gasteiger partial charge in [-0.2, -0.15) is 10.5 Å². The van der Waals surface area contributed by atoms with E-state index in [0.29, 0.717) is 50.2 Å². The molecule has 0 spiro atoms. The van der Waals surface area contributed by atoms with Gasteiger partial charge in [-0.25, -0.2) is 8.78 Å². The van der Waals surface area contributed by atoms with Gasteiger partial charge in [0.1, 0.15) is 17.7 Å². The van der Waals surface area contributed by atoms with Crippen LogP contribution in [0.5, 0.6) is 0 Å². The number of nitrogens with zero attached hydrogens (tertiary/aromatic N) is 3. The number of aryl methyl sites for hydroxylation is 2. The van der Waals surface area contributed by atoms with E-state index < -0.39 is 5.82 Å². The maximum absolute atomic E-state index is 15.5. The molecule has 1 aromatic heterocycles. The molecular weight excluding hydrogens is 633 g/mol. The fourth-order valence-corrected chi connectivity index (χ4v) is 7.33. The van der Waals surface area contributed by atoms with Crippen LogP contribution >= 0.6 is 0 Å². The molecule has 0 saturated carbocycles. The highest BCUT2D eigenvalue weighted by molar-refractivity contribution is 6.11. The quantitative estimate of drug-likeness (QED) is 0.184. The van der Waals surface area contributed by atoms with Gasteiger partial charge in [-0.15, -0.1) is 0 Å². The van der Waals surface area contributed by atoms with Crippen LogP contribution in [-0.4, -0.2) is 4.57 Å². The number of nitriles is 2. The van der Waals surface area contributed by atoms with Crippen LogP contribution in [-0.2, 0) is 0 Å². The van der Waals surface area contributed by atoms with Crippen molar-refractivity contribution >= 4 is 21.8 Å². The second-order valence-electron chi connectivity index (χ2n) is 12.7. The largest absolute Gasteiger partial charge is 0.307 e. The van der Waals surface area contributed by atoms with Crippen molar-refractivity contribution in [1.29, 1.82) is 10.5 Å². The second-order valence-corrected chi connectivity index (χ2v) is 12.7. The Morgan fingerprint density at radius 1 is 0.471 bits per heavy atom. The van der Waals surface area contributed by atoms with Gasteiger partial charge in [0, 0.05) is 33.0 Å². The molecule has 0 aliphatic rings. The van der Waals surface area contributed by atoms with Crippen molar-refractivity contribution < 1.29 is 8.78 Å². The zero-order valence-corrected chi connectivity index (χ0v) is 27.9. The predicted octanol–water partition coefficient (Wildman–Crippen LogP) is 12.1. The molecule has 0 unspecified atom stereocenters. The van der Waals surface area contributed by atoms with E-state index in [1.165, 1.54) is 12.1 Å². The van der Waals surface area contributed by atoms with Gasteiger partial charge in [-0.05, 0) is 78.6 Å². The molecule has 3 nitrogen and oxygen atoms in total. The normalized spacial score (nSPS) is 11.1.